The minimum atomic E-state index is -2.45. The van der Waals surface area contributed by atoms with Gasteiger partial charge >= 0.3 is 0 Å². The van der Waals surface area contributed by atoms with Gasteiger partial charge in [-0.2, -0.15) is 0 Å². The van der Waals surface area contributed by atoms with Crippen LogP contribution >= 0.6 is 15.9 Å². The first kappa shape index (κ1) is 14.8. The summed E-state index contributed by atoms with van der Waals surface area (Å²) in [5, 5.41) is 0.534. The van der Waals surface area contributed by atoms with E-state index in [-0.39, 0.29) is 11.8 Å². The van der Waals surface area contributed by atoms with Gasteiger partial charge in [0.05, 0.1) is 6.54 Å². The highest BCUT2D eigenvalue weighted by molar-refractivity contribution is 9.09. The molecule has 0 aromatic rings. The van der Waals surface area contributed by atoms with Crippen molar-refractivity contribution in [3.63, 3.8) is 0 Å². The average Bonchev–Trinajstić information content (AvgIpc) is 2.16. The number of amides is 1. The molecule has 0 aromatic carbocycles. The van der Waals surface area contributed by atoms with Crippen LogP contribution in [-0.4, -0.2) is 35.7 Å². The lowest BCUT2D eigenvalue weighted by molar-refractivity contribution is -0.133. The maximum absolute atomic E-state index is 12.2. The van der Waals surface area contributed by atoms with E-state index in [2.05, 4.69) is 15.9 Å². The Morgan fingerprint density at radius 3 is 2.47 bits per heavy atom. The number of halogens is 3. The minimum absolute atomic E-state index is 0.177. The first-order chi connectivity index (χ1) is 7.01. The maximum Gasteiger partial charge on any atom is 0.255 e. The molecule has 0 aliphatic heterocycles. The summed E-state index contributed by atoms with van der Waals surface area (Å²) in [7, 11) is 0. The predicted octanol–water partition coefficient (Wildman–Crippen LogP) is 2.91. The van der Waals surface area contributed by atoms with Gasteiger partial charge < -0.3 is 4.90 Å². The van der Waals surface area contributed by atoms with Gasteiger partial charge in [-0.3, -0.25) is 4.79 Å². The molecule has 0 fully saturated rings. The molecule has 0 aromatic heterocycles. The van der Waals surface area contributed by atoms with Gasteiger partial charge in [-0.25, -0.2) is 8.78 Å². The van der Waals surface area contributed by atoms with Crippen LogP contribution in [0, 0.1) is 5.92 Å². The summed E-state index contributed by atoms with van der Waals surface area (Å²) in [6, 6.07) is 0. The topological polar surface area (TPSA) is 20.3 Å². The molecule has 2 nitrogen and oxygen atoms in total. The Balaban J connectivity index is 4.15. The van der Waals surface area contributed by atoms with Gasteiger partial charge in [-0.05, 0) is 5.92 Å². The molecule has 0 radical (unpaired) electrons. The fourth-order valence-corrected chi connectivity index (χ4v) is 1.59. The third kappa shape index (κ3) is 6.82. The molecule has 15 heavy (non-hydrogen) atoms. The third-order valence-corrected chi connectivity index (χ3v) is 2.64. The number of rotatable bonds is 7. The van der Waals surface area contributed by atoms with E-state index in [0.29, 0.717) is 18.3 Å². The van der Waals surface area contributed by atoms with E-state index >= 15 is 0 Å². The van der Waals surface area contributed by atoms with E-state index in [1.54, 1.807) is 0 Å². The lowest BCUT2D eigenvalue weighted by Gasteiger charge is -2.22. The molecule has 0 spiro atoms. The van der Waals surface area contributed by atoms with E-state index < -0.39 is 13.0 Å². The molecule has 0 bridgehead atoms. The van der Waals surface area contributed by atoms with Crippen LogP contribution in [0.4, 0.5) is 8.78 Å². The van der Waals surface area contributed by atoms with Gasteiger partial charge in [0.25, 0.3) is 6.43 Å². The average molecular weight is 286 g/mol. The second kappa shape index (κ2) is 8.02. The number of hydrogen-bond acceptors (Lipinski definition) is 1. The molecule has 1 atom stereocenters. The number of nitrogens with zero attached hydrogens (tertiary/aromatic N) is 1. The lowest BCUT2D eigenvalue weighted by atomic mass is 10.0. The van der Waals surface area contributed by atoms with Crippen molar-refractivity contribution in [3.8, 4) is 0 Å². The first-order valence-electron chi connectivity index (χ1n) is 5.13. The van der Waals surface area contributed by atoms with E-state index in [1.165, 1.54) is 4.90 Å². The Hall–Kier alpha value is -0.190. The number of hydrogen-bond donors (Lipinski definition) is 0. The molecule has 1 amide bonds. The smallest absolute Gasteiger partial charge is 0.255 e. The SMILES string of the molecule is CCC(C)CC(=O)N(CCBr)CC(F)F. The van der Waals surface area contributed by atoms with Crippen molar-refractivity contribution in [1.82, 2.24) is 4.90 Å². The van der Waals surface area contributed by atoms with Crippen LogP contribution in [-0.2, 0) is 4.79 Å². The van der Waals surface area contributed by atoms with Crippen molar-refractivity contribution in [2.24, 2.45) is 5.92 Å². The second-order valence-electron chi connectivity index (χ2n) is 3.64. The molecule has 5 heteroatoms. The maximum atomic E-state index is 12.2. The summed E-state index contributed by atoms with van der Waals surface area (Å²) >= 11 is 3.15. The molecule has 0 rings (SSSR count). The van der Waals surface area contributed by atoms with E-state index in [9.17, 15) is 13.6 Å². The monoisotopic (exact) mass is 285 g/mol. The lowest BCUT2D eigenvalue weighted by Crippen LogP contribution is -2.37. The zero-order valence-corrected chi connectivity index (χ0v) is 10.8. The van der Waals surface area contributed by atoms with E-state index in [1.807, 2.05) is 13.8 Å². The molecular weight excluding hydrogens is 268 g/mol. The summed E-state index contributed by atoms with van der Waals surface area (Å²) < 4.78 is 24.4. The third-order valence-electron chi connectivity index (χ3n) is 2.29. The van der Waals surface area contributed by atoms with Gasteiger partial charge in [0.1, 0.15) is 0 Å². The Morgan fingerprint density at radius 2 is 2.07 bits per heavy atom. The Kier molecular flexibility index (Phi) is 7.92. The van der Waals surface area contributed by atoms with Crippen molar-refractivity contribution in [2.75, 3.05) is 18.4 Å². The summed E-state index contributed by atoms with van der Waals surface area (Å²) in [4.78, 5) is 12.8. The van der Waals surface area contributed by atoms with Crippen LogP contribution < -0.4 is 0 Å². The molecule has 0 aliphatic rings. The van der Waals surface area contributed by atoms with Crippen molar-refractivity contribution >= 4 is 21.8 Å². The Bertz CT molecular complexity index is 190. The summed E-state index contributed by atoms with van der Waals surface area (Å²) in [5.41, 5.74) is 0. The van der Waals surface area contributed by atoms with Crippen LogP contribution in [0.1, 0.15) is 26.7 Å². The molecule has 0 heterocycles. The minimum Gasteiger partial charge on any atom is -0.336 e. The summed E-state index contributed by atoms with van der Waals surface area (Å²) in [6.07, 6.45) is -1.20. The van der Waals surface area contributed by atoms with E-state index in [4.69, 9.17) is 0 Å². The molecule has 0 aliphatic carbocycles. The molecular formula is C10H18BrF2NO. The zero-order chi connectivity index (χ0) is 11.8. The van der Waals surface area contributed by atoms with Crippen LogP contribution in [0.3, 0.4) is 0 Å². The highest BCUT2D eigenvalue weighted by Gasteiger charge is 2.18. The van der Waals surface area contributed by atoms with Crippen molar-refractivity contribution in [2.45, 2.75) is 33.1 Å². The standard InChI is InChI=1S/C10H18BrF2NO/c1-3-8(2)6-10(15)14(5-4-11)7-9(12)13/h8-9H,3-7H2,1-2H3. The van der Waals surface area contributed by atoms with Crippen LogP contribution in [0.15, 0.2) is 0 Å². The fourth-order valence-electron chi connectivity index (χ4n) is 1.16. The highest BCUT2D eigenvalue weighted by Crippen LogP contribution is 2.10. The van der Waals surface area contributed by atoms with Gasteiger partial charge in [-0.15, -0.1) is 0 Å². The Labute approximate surface area is 98.1 Å². The normalized spacial score (nSPS) is 12.9. The molecule has 0 saturated carbocycles. The van der Waals surface area contributed by atoms with Gasteiger partial charge in [-0.1, -0.05) is 36.2 Å². The van der Waals surface area contributed by atoms with Crippen molar-refractivity contribution in [3.05, 3.63) is 0 Å². The Morgan fingerprint density at radius 1 is 1.47 bits per heavy atom. The molecule has 90 valence electrons. The zero-order valence-electron chi connectivity index (χ0n) is 9.18. The van der Waals surface area contributed by atoms with Crippen LogP contribution in [0.5, 0.6) is 0 Å². The number of carbonyl (C=O) groups excluding carboxylic acids is 1. The number of carbonyl (C=O) groups is 1. The molecule has 1 unspecified atom stereocenters. The summed E-state index contributed by atoms with van der Waals surface area (Å²) in [6.45, 7) is 3.83. The summed E-state index contributed by atoms with van der Waals surface area (Å²) in [5.74, 6) is 0.0806. The van der Waals surface area contributed by atoms with Crippen molar-refractivity contribution < 1.29 is 13.6 Å². The van der Waals surface area contributed by atoms with Crippen LogP contribution in [0.2, 0.25) is 0 Å². The largest absolute Gasteiger partial charge is 0.336 e. The molecule has 0 saturated heterocycles. The highest BCUT2D eigenvalue weighted by atomic mass is 79.9. The quantitative estimate of drug-likeness (QED) is 0.659. The second-order valence-corrected chi connectivity index (χ2v) is 4.43. The van der Waals surface area contributed by atoms with E-state index in [0.717, 1.165) is 6.42 Å². The fraction of sp³-hybridized carbons (Fsp3) is 0.900. The predicted molar refractivity (Wildman–Crippen MR) is 60.5 cm³/mol. The van der Waals surface area contributed by atoms with Gasteiger partial charge in [0.2, 0.25) is 5.91 Å². The molecule has 0 N–H and O–H groups in total. The first-order valence-corrected chi connectivity index (χ1v) is 6.25. The van der Waals surface area contributed by atoms with Gasteiger partial charge in [0.15, 0.2) is 0 Å². The van der Waals surface area contributed by atoms with Gasteiger partial charge in [0, 0.05) is 18.3 Å². The van der Waals surface area contributed by atoms with Crippen molar-refractivity contribution in [1.29, 1.82) is 0 Å². The number of alkyl halides is 3. The van der Waals surface area contributed by atoms with Crippen LogP contribution in [0.25, 0.3) is 0 Å².